The van der Waals surface area contributed by atoms with Gasteiger partial charge in [0.25, 0.3) is 0 Å². The van der Waals surface area contributed by atoms with Crippen molar-refractivity contribution in [1.82, 2.24) is 9.97 Å². The number of ether oxygens (including phenoxy) is 2. The highest BCUT2D eigenvalue weighted by Crippen LogP contribution is 2.38. The molecule has 24 heavy (non-hydrogen) atoms. The van der Waals surface area contributed by atoms with Gasteiger partial charge in [-0.15, -0.1) is 0 Å². The van der Waals surface area contributed by atoms with Crippen LogP contribution in [-0.4, -0.2) is 30.2 Å². The largest absolute Gasteiger partial charge is 0.497 e. The molecule has 1 aromatic carbocycles. The second kappa shape index (κ2) is 6.94. The molecule has 0 bridgehead atoms. The smallest absolute Gasteiger partial charge is 0.421 e. The molecule has 5 nitrogen and oxygen atoms in total. The molecule has 0 saturated heterocycles. The van der Waals surface area contributed by atoms with Crippen LogP contribution in [0.25, 0.3) is 0 Å². The van der Waals surface area contributed by atoms with E-state index in [0.717, 1.165) is 6.20 Å². The highest BCUT2D eigenvalue weighted by Gasteiger charge is 2.36. The quantitative estimate of drug-likeness (QED) is 0.821. The van der Waals surface area contributed by atoms with Crippen LogP contribution in [0.5, 0.6) is 11.8 Å². The van der Waals surface area contributed by atoms with Gasteiger partial charge in [0.1, 0.15) is 11.3 Å². The third-order valence-electron chi connectivity index (χ3n) is 3.17. The van der Waals surface area contributed by atoms with E-state index in [2.05, 4.69) is 9.97 Å². The Morgan fingerprint density at radius 3 is 2.25 bits per heavy atom. The molecule has 1 heterocycles. The third kappa shape index (κ3) is 4.06. The van der Waals surface area contributed by atoms with Gasteiger partial charge in [-0.05, 0) is 38.1 Å². The Labute approximate surface area is 138 Å². The lowest BCUT2D eigenvalue weighted by atomic mass is 10.2. The standard InChI is InChI=1S/C16H18F3N3O2/c1-10(2)24-15-20-9-13(16(17,18)19)14(21-15)22(3)11-5-7-12(23-4)8-6-11/h5-10H,1-4H3. The summed E-state index contributed by atoms with van der Waals surface area (Å²) in [5.41, 5.74) is -0.410. The predicted molar refractivity (Wildman–Crippen MR) is 83.9 cm³/mol. The summed E-state index contributed by atoms with van der Waals surface area (Å²) in [7, 11) is 3.01. The van der Waals surface area contributed by atoms with E-state index in [-0.39, 0.29) is 17.9 Å². The summed E-state index contributed by atoms with van der Waals surface area (Å²) < 4.78 is 50.2. The maximum Gasteiger partial charge on any atom is 0.421 e. The van der Waals surface area contributed by atoms with Gasteiger partial charge in [0, 0.05) is 18.9 Å². The van der Waals surface area contributed by atoms with Crippen LogP contribution >= 0.6 is 0 Å². The number of benzene rings is 1. The molecule has 0 radical (unpaired) electrons. The van der Waals surface area contributed by atoms with Gasteiger partial charge in [-0.3, -0.25) is 0 Å². The Kier molecular flexibility index (Phi) is 5.16. The number of rotatable bonds is 5. The van der Waals surface area contributed by atoms with E-state index >= 15 is 0 Å². The van der Waals surface area contributed by atoms with Crippen LogP contribution in [0.15, 0.2) is 30.5 Å². The van der Waals surface area contributed by atoms with E-state index in [9.17, 15) is 13.2 Å². The average Bonchev–Trinajstić information content (AvgIpc) is 2.52. The lowest BCUT2D eigenvalue weighted by Gasteiger charge is -2.23. The fraction of sp³-hybridized carbons (Fsp3) is 0.375. The monoisotopic (exact) mass is 341 g/mol. The van der Waals surface area contributed by atoms with Gasteiger partial charge in [-0.1, -0.05) is 0 Å². The summed E-state index contributed by atoms with van der Waals surface area (Å²) in [5.74, 6) is 0.327. The zero-order chi connectivity index (χ0) is 17.9. The summed E-state index contributed by atoms with van der Waals surface area (Å²) >= 11 is 0. The lowest BCUT2D eigenvalue weighted by Crippen LogP contribution is -2.20. The Balaban J connectivity index is 2.46. The second-order valence-corrected chi connectivity index (χ2v) is 5.31. The van der Waals surface area contributed by atoms with Crippen molar-refractivity contribution >= 4 is 11.5 Å². The molecule has 130 valence electrons. The van der Waals surface area contributed by atoms with Crippen molar-refractivity contribution in [2.75, 3.05) is 19.1 Å². The zero-order valence-electron chi connectivity index (χ0n) is 13.8. The molecule has 2 aromatic rings. The number of hydrogen-bond acceptors (Lipinski definition) is 5. The Bertz CT molecular complexity index is 688. The van der Waals surface area contributed by atoms with Crippen LogP contribution in [0.3, 0.4) is 0 Å². The van der Waals surface area contributed by atoms with Crippen molar-refractivity contribution in [1.29, 1.82) is 0 Å². The van der Waals surface area contributed by atoms with Gasteiger partial charge >= 0.3 is 12.2 Å². The van der Waals surface area contributed by atoms with Gasteiger partial charge in [0.2, 0.25) is 0 Å². The second-order valence-electron chi connectivity index (χ2n) is 5.31. The molecule has 0 aliphatic carbocycles. The molecule has 0 amide bonds. The molecule has 1 aromatic heterocycles. The molecule has 0 saturated carbocycles. The Morgan fingerprint density at radius 2 is 1.75 bits per heavy atom. The van der Waals surface area contributed by atoms with Crippen molar-refractivity contribution in [3.63, 3.8) is 0 Å². The molecular formula is C16H18F3N3O2. The zero-order valence-corrected chi connectivity index (χ0v) is 13.8. The van der Waals surface area contributed by atoms with E-state index in [1.807, 2.05) is 0 Å². The number of hydrogen-bond donors (Lipinski definition) is 0. The number of alkyl halides is 3. The minimum absolute atomic E-state index is 0.103. The first kappa shape index (κ1) is 17.8. The van der Waals surface area contributed by atoms with E-state index in [4.69, 9.17) is 9.47 Å². The van der Waals surface area contributed by atoms with E-state index in [0.29, 0.717) is 11.4 Å². The first-order chi connectivity index (χ1) is 11.2. The number of aromatic nitrogens is 2. The summed E-state index contributed by atoms with van der Waals surface area (Å²) in [4.78, 5) is 8.92. The Hall–Kier alpha value is -2.51. The highest BCUT2D eigenvalue weighted by molar-refractivity contribution is 5.63. The topological polar surface area (TPSA) is 47.5 Å². The van der Waals surface area contributed by atoms with Gasteiger partial charge in [0.05, 0.1) is 13.2 Å². The van der Waals surface area contributed by atoms with Crippen LogP contribution in [0.1, 0.15) is 19.4 Å². The molecule has 2 rings (SSSR count). The molecule has 0 N–H and O–H groups in total. The summed E-state index contributed by atoms with van der Waals surface area (Å²) in [6.45, 7) is 3.49. The SMILES string of the molecule is COc1ccc(N(C)c2nc(OC(C)C)ncc2C(F)(F)F)cc1. The molecule has 0 unspecified atom stereocenters. The van der Waals surface area contributed by atoms with Crippen LogP contribution in [0, 0.1) is 0 Å². The minimum Gasteiger partial charge on any atom is -0.497 e. The molecular weight excluding hydrogens is 323 g/mol. The van der Waals surface area contributed by atoms with E-state index in [1.54, 1.807) is 38.1 Å². The lowest BCUT2D eigenvalue weighted by molar-refractivity contribution is -0.137. The normalized spacial score (nSPS) is 11.5. The molecule has 0 aliphatic heterocycles. The third-order valence-corrected chi connectivity index (χ3v) is 3.17. The predicted octanol–water partition coefficient (Wildman–Crippen LogP) is 4.06. The number of halogens is 3. The van der Waals surface area contributed by atoms with Crippen molar-refractivity contribution < 1.29 is 22.6 Å². The fourth-order valence-corrected chi connectivity index (χ4v) is 2.01. The fourth-order valence-electron chi connectivity index (χ4n) is 2.01. The Morgan fingerprint density at radius 1 is 1.12 bits per heavy atom. The molecule has 0 atom stereocenters. The van der Waals surface area contributed by atoms with E-state index < -0.39 is 11.7 Å². The van der Waals surface area contributed by atoms with Crippen LogP contribution < -0.4 is 14.4 Å². The van der Waals surface area contributed by atoms with Gasteiger partial charge < -0.3 is 14.4 Å². The van der Waals surface area contributed by atoms with Gasteiger partial charge in [-0.25, -0.2) is 4.98 Å². The first-order valence-corrected chi connectivity index (χ1v) is 7.21. The molecule has 0 fully saturated rings. The van der Waals surface area contributed by atoms with Crippen molar-refractivity contribution in [2.24, 2.45) is 0 Å². The van der Waals surface area contributed by atoms with Gasteiger partial charge in [-0.2, -0.15) is 18.2 Å². The highest BCUT2D eigenvalue weighted by atomic mass is 19.4. The first-order valence-electron chi connectivity index (χ1n) is 7.21. The van der Waals surface area contributed by atoms with Crippen LogP contribution in [-0.2, 0) is 6.18 Å². The summed E-state index contributed by atoms with van der Waals surface area (Å²) in [5, 5.41) is 0. The van der Waals surface area contributed by atoms with Crippen LogP contribution in [0.4, 0.5) is 24.7 Å². The molecule has 0 spiro atoms. The van der Waals surface area contributed by atoms with Crippen LogP contribution in [0.2, 0.25) is 0 Å². The average molecular weight is 341 g/mol. The maximum atomic E-state index is 13.3. The van der Waals surface area contributed by atoms with Crippen molar-refractivity contribution in [3.05, 3.63) is 36.0 Å². The summed E-state index contributed by atoms with van der Waals surface area (Å²) in [6, 6.07) is 6.50. The number of anilines is 2. The maximum absolute atomic E-state index is 13.3. The van der Waals surface area contributed by atoms with Gasteiger partial charge in [0.15, 0.2) is 5.82 Å². The summed E-state index contributed by atoms with van der Waals surface area (Å²) in [6.07, 6.45) is -4.09. The van der Waals surface area contributed by atoms with Crippen molar-refractivity contribution in [2.45, 2.75) is 26.1 Å². The van der Waals surface area contributed by atoms with E-state index in [1.165, 1.54) is 19.1 Å². The van der Waals surface area contributed by atoms with Crippen molar-refractivity contribution in [3.8, 4) is 11.8 Å². The number of nitrogens with zero attached hydrogens (tertiary/aromatic N) is 3. The molecule has 0 aliphatic rings. The minimum atomic E-state index is -4.58. The molecule has 8 heteroatoms. The number of methoxy groups -OCH3 is 1.